The molecule has 0 spiro atoms. The summed E-state index contributed by atoms with van der Waals surface area (Å²) in [4.78, 5) is 30.4. The second-order valence-electron chi connectivity index (χ2n) is 6.08. The highest BCUT2D eigenvalue weighted by atomic mass is 32.1. The third-order valence-corrected chi connectivity index (χ3v) is 4.78. The van der Waals surface area contributed by atoms with Gasteiger partial charge in [-0.25, -0.2) is 4.98 Å². The molecule has 0 saturated carbocycles. The zero-order chi connectivity index (χ0) is 19.9. The number of carbonyl (C=O) groups is 2. The van der Waals surface area contributed by atoms with E-state index in [0.29, 0.717) is 42.0 Å². The van der Waals surface area contributed by atoms with Crippen LogP contribution in [0.5, 0.6) is 11.5 Å². The van der Waals surface area contributed by atoms with Gasteiger partial charge in [-0.05, 0) is 25.5 Å². The van der Waals surface area contributed by atoms with Crippen molar-refractivity contribution in [3.63, 3.8) is 0 Å². The predicted octanol–water partition coefficient (Wildman–Crippen LogP) is 3.42. The molecule has 1 amide bonds. The minimum atomic E-state index is -0.306. The zero-order valence-electron chi connectivity index (χ0n) is 15.9. The standard InChI is InChI=1S/C19H23N3O5S/c1-3-8-22(9-7-17(23)25-4-2)18(24)14-11-28-19(21-14)20-13-5-6-15-16(10-13)27-12-26-15/h5-6,10-11H,3-4,7-9,12H2,1-2H3,(H,20,21). The summed E-state index contributed by atoms with van der Waals surface area (Å²) < 4.78 is 15.6. The van der Waals surface area contributed by atoms with Crippen molar-refractivity contribution in [3.8, 4) is 11.5 Å². The molecule has 2 aromatic rings. The zero-order valence-corrected chi connectivity index (χ0v) is 16.7. The Kier molecular flexibility index (Phi) is 6.70. The van der Waals surface area contributed by atoms with Gasteiger partial charge in [0.05, 0.1) is 13.0 Å². The van der Waals surface area contributed by atoms with E-state index in [1.54, 1.807) is 17.2 Å². The minimum Gasteiger partial charge on any atom is -0.466 e. The number of aromatic nitrogens is 1. The molecule has 28 heavy (non-hydrogen) atoms. The summed E-state index contributed by atoms with van der Waals surface area (Å²) in [5.41, 5.74) is 1.15. The van der Waals surface area contributed by atoms with Crippen molar-refractivity contribution < 1.29 is 23.8 Å². The molecule has 0 saturated heterocycles. The number of amides is 1. The molecule has 1 aliphatic heterocycles. The summed E-state index contributed by atoms with van der Waals surface area (Å²) in [5, 5.41) is 5.49. The average Bonchev–Trinajstić information content (AvgIpc) is 3.34. The Morgan fingerprint density at radius 3 is 2.86 bits per heavy atom. The lowest BCUT2D eigenvalue weighted by molar-refractivity contribution is -0.143. The van der Waals surface area contributed by atoms with Gasteiger partial charge in [-0.1, -0.05) is 6.92 Å². The van der Waals surface area contributed by atoms with Crippen LogP contribution in [0.3, 0.4) is 0 Å². The highest BCUT2D eigenvalue weighted by Crippen LogP contribution is 2.35. The van der Waals surface area contributed by atoms with Gasteiger partial charge in [0.2, 0.25) is 6.79 Å². The summed E-state index contributed by atoms with van der Waals surface area (Å²) in [6.45, 7) is 5.17. The lowest BCUT2D eigenvalue weighted by Gasteiger charge is -2.20. The van der Waals surface area contributed by atoms with Crippen LogP contribution in [0.25, 0.3) is 0 Å². The normalized spacial score (nSPS) is 11.9. The summed E-state index contributed by atoms with van der Waals surface area (Å²) in [6.07, 6.45) is 0.965. The highest BCUT2D eigenvalue weighted by Gasteiger charge is 2.20. The Hall–Kier alpha value is -2.81. The van der Waals surface area contributed by atoms with Crippen LogP contribution in [0.15, 0.2) is 23.6 Å². The van der Waals surface area contributed by atoms with Crippen molar-refractivity contribution in [2.24, 2.45) is 0 Å². The predicted molar refractivity (Wildman–Crippen MR) is 105 cm³/mol. The summed E-state index contributed by atoms with van der Waals surface area (Å²) in [5.74, 6) is 0.879. The van der Waals surface area contributed by atoms with E-state index >= 15 is 0 Å². The SMILES string of the molecule is CCCN(CCC(=O)OCC)C(=O)c1csc(Nc2ccc3c(c2)OCO3)n1. The quantitative estimate of drug-likeness (QED) is 0.639. The van der Waals surface area contributed by atoms with Crippen molar-refractivity contribution in [1.29, 1.82) is 0 Å². The average molecular weight is 405 g/mol. The Bertz CT molecular complexity index is 839. The van der Waals surface area contributed by atoms with Crippen molar-refractivity contribution in [2.75, 3.05) is 31.8 Å². The lowest BCUT2D eigenvalue weighted by atomic mass is 10.3. The maximum absolute atomic E-state index is 12.8. The van der Waals surface area contributed by atoms with Crippen LogP contribution in [0, 0.1) is 0 Å². The molecule has 1 aromatic heterocycles. The fraction of sp³-hybridized carbons (Fsp3) is 0.421. The molecule has 1 aliphatic rings. The molecule has 0 fully saturated rings. The summed E-state index contributed by atoms with van der Waals surface area (Å²) >= 11 is 1.34. The van der Waals surface area contributed by atoms with Gasteiger partial charge >= 0.3 is 5.97 Å². The Morgan fingerprint density at radius 1 is 1.25 bits per heavy atom. The second kappa shape index (κ2) is 9.41. The number of nitrogens with one attached hydrogen (secondary N) is 1. The number of hydrogen-bond donors (Lipinski definition) is 1. The monoisotopic (exact) mass is 405 g/mol. The van der Waals surface area contributed by atoms with Crippen molar-refractivity contribution in [2.45, 2.75) is 26.7 Å². The summed E-state index contributed by atoms with van der Waals surface area (Å²) in [6, 6.07) is 5.51. The molecular formula is C19H23N3O5S. The number of rotatable bonds is 9. The van der Waals surface area contributed by atoms with Gasteiger partial charge in [-0.2, -0.15) is 0 Å². The van der Waals surface area contributed by atoms with Crippen molar-refractivity contribution >= 4 is 34.0 Å². The molecule has 0 bridgehead atoms. The fourth-order valence-corrected chi connectivity index (χ4v) is 3.44. The molecular weight excluding hydrogens is 382 g/mol. The largest absolute Gasteiger partial charge is 0.466 e. The molecule has 0 unspecified atom stereocenters. The molecule has 150 valence electrons. The van der Waals surface area contributed by atoms with Crippen LogP contribution in [0.2, 0.25) is 0 Å². The van der Waals surface area contributed by atoms with Gasteiger partial charge in [0.15, 0.2) is 16.6 Å². The number of esters is 1. The third-order valence-electron chi connectivity index (χ3n) is 4.02. The first-order chi connectivity index (χ1) is 13.6. The maximum Gasteiger partial charge on any atom is 0.307 e. The Labute approximate surface area is 167 Å². The number of thiazole rings is 1. The van der Waals surface area contributed by atoms with E-state index in [-0.39, 0.29) is 25.1 Å². The van der Waals surface area contributed by atoms with Crippen LogP contribution < -0.4 is 14.8 Å². The van der Waals surface area contributed by atoms with Crippen molar-refractivity contribution in [3.05, 3.63) is 29.3 Å². The highest BCUT2D eigenvalue weighted by molar-refractivity contribution is 7.14. The van der Waals surface area contributed by atoms with Gasteiger partial charge < -0.3 is 24.4 Å². The van der Waals surface area contributed by atoms with Gasteiger partial charge in [0.1, 0.15) is 5.69 Å². The van der Waals surface area contributed by atoms with Gasteiger partial charge in [-0.15, -0.1) is 11.3 Å². The van der Waals surface area contributed by atoms with E-state index in [1.165, 1.54) is 11.3 Å². The fourth-order valence-electron chi connectivity index (χ4n) is 2.73. The number of benzene rings is 1. The smallest absolute Gasteiger partial charge is 0.307 e. The van der Waals surface area contributed by atoms with E-state index in [2.05, 4.69) is 10.3 Å². The van der Waals surface area contributed by atoms with Crippen LogP contribution in [-0.2, 0) is 9.53 Å². The third kappa shape index (κ3) is 4.92. The number of hydrogen-bond acceptors (Lipinski definition) is 8. The molecule has 9 heteroatoms. The van der Waals surface area contributed by atoms with E-state index < -0.39 is 0 Å². The number of anilines is 2. The number of nitrogens with zero attached hydrogens (tertiary/aromatic N) is 2. The summed E-state index contributed by atoms with van der Waals surface area (Å²) in [7, 11) is 0. The van der Waals surface area contributed by atoms with E-state index in [0.717, 1.165) is 12.1 Å². The molecule has 0 atom stereocenters. The molecule has 1 aromatic carbocycles. The van der Waals surface area contributed by atoms with Gasteiger partial charge in [0, 0.05) is 30.2 Å². The van der Waals surface area contributed by atoms with Gasteiger partial charge in [0.25, 0.3) is 5.91 Å². The second-order valence-corrected chi connectivity index (χ2v) is 6.94. The van der Waals surface area contributed by atoms with Crippen LogP contribution >= 0.6 is 11.3 Å². The minimum absolute atomic E-state index is 0.173. The Balaban J connectivity index is 1.63. The van der Waals surface area contributed by atoms with E-state index in [9.17, 15) is 9.59 Å². The molecule has 0 radical (unpaired) electrons. The van der Waals surface area contributed by atoms with Gasteiger partial charge in [-0.3, -0.25) is 9.59 Å². The number of carbonyl (C=O) groups excluding carboxylic acids is 2. The first-order valence-corrected chi connectivity index (χ1v) is 10.1. The van der Waals surface area contributed by atoms with Crippen LogP contribution in [0.1, 0.15) is 37.2 Å². The molecule has 3 rings (SSSR count). The first-order valence-electron chi connectivity index (χ1n) is 9.17. The Morgan fingerprint density at radius 2 is 2.07 bits per heavy atom. The number of fused-ring (bicyclic) bond motifs is 1. The molecule has 1 N–H and O–H groups in total. The first kappa shape index (κ1) is 19.9. The van der Waals surface area contributed by atoms with E-state index in [4.69, 9.17) is 14.2 Å². The molecule has 2 heterocycles. The topological polar surface area (TPSA) is 90.0 Å². The van der Waals surface area contributed by atoms with Crippen molar-refractivity contribution in [1.82, 2.24) is 9.88 Å². The van der Waals surface area contributed by atoms with Crippen LogP contribution in [0.4, 0.5) is 10.8 Å². The lowest BCUT2D eigenvalue weighted by Crippen LogP contribution is -2.34. The van der Waals surface area contributed by atoms with Crippen LogP contribution in [-0.4, -0.2) is 48.2 Å². The number of ether oxygens (including phenoxy) is 3. The molecule has 0 aliphatic carbocycles. The van der Waals surface area contributed by atoms with E-state index in [1.807, 2.05) is 25.1 Å². The maximum atomic E-state index is 12.8. The molecule has 8 nitrogen and oxygen atoms in total.